The molecule has 1 aliphatic heterocycles. The molecule has 2 rings (SSSR count). The van der Waals surface area contributed by atoms with Gasteiger partial charge in [0.2, 0.25) is 0 Å². The van der Waals surface area contributed by atoms with Crippen molar-refractivity contribution in [3.8, 4) is 0 Å². The molecule has 1 heterocycles. The summed E-state index contributed by atoms with van der Waals surface area (Å²) in [4.78, 5) is 11.5. The highest BCUT2D eigenvalue weighted by Crippen LogP contribution is 2.28. The van der Waals surface area contributed by atoms with Gasteiger partial charge in [0.15, 0.2) is 0 Å². The predicted octanol–water partition coefficient (Wildman–Crippen LogP) is 1.21. The maximum atomic E-state index is 12.1. The molecule has 6 nitrogen and oxygen atoms in total. The third-order valence-corrected chi connectivity index (χ3v) is 4.78. The molecule has 0 aromatic heterocycles. The van der Waals surface area contributed by atoms with E-state index in [0.29, 0.717) is 18.5 Å². The number of aryl methyl sites for hydroxylation is 1. The van der Waals surface area contributed by atoms with Crippen LogP contribution in [0.15, 0.2) is 17.0 Å². The van der Waals surface area contributed by atoms with E-state index < -0.39 is 22.1 Å². The van der Waals surface area contributed by atoms with Crippen LogP contribution in [0.5, 0.6) is 0 Å². The van der Waals surface area contributed by atoms with Crippen molar-refractivity contribution in [2.75, 3.05) is 12.3 Å². The summed E-state index contributed by atoms with van der Waals surface area (Å²) in [6.07, 6.45) is 1.36. The number of anilines is 1. The van der Waals surface area contributed by atoms with Crippen LogP contribution >= 0.6 is 11.6 Å². The smallest absolute Gasteiger partial charge is 0.343 e. The summed E-state index contributed by atoms with van der Waals surface area (Å²) < 4.78 is 28.8. The van der Waals surface area contributed by atoms with Crippen molar-refractivity contribution in [1.29, 1.82) is 0 Å². The number of benzene rings is 1. The molecule has 20 heavy (non-hydrogen) atoms. The second-order valence-corrected chi connectivity index (χ2v) is 6.57. The van der Waals surface area contributed by atoms with Crippen molar-refractivity contribution in [1.82, 2.24) is 5.32 Å². The van der Waals surface area contributed by atoms with Crippen LogP contribution in [0.4, 0.5) is 5.69 Å². The summed E-state index contributed by atoms with van der Waals surface area (Å²) in [5, 5.41) is 3.11. The number of nitrogens with two attached hydrogens (primary N) is 1. The van der Waals surface area contributed by atoms with E-state index in [1.807, 2.05) is 0 Å². The molecule has 1 atom stereocenters. The molecular formula is C12H15ClN2O4S. The van der Waals surface area contributed by atoms with E-state index in [2.05, 4.69) is 9.50 Å². The Morgan fingerprint density at radius 3 is 2.80 bits per heavy atom. The van der Waals surface area contributed by atoms with Crippen LogP contribution in [-0.2, 0) is 19.1 Å². The molecule has 1 aromatic rings. The van der Waals surface area contributed by atoms with Gasteiger partial charge in [0.1, 0.15) is 10.9 Å². The highest BCUT2D eigenvalue weighted by atomic mass is 35.5. The van der Waals surface area contributed by atoms with Crippen LogP contribution in [0.3, 0.4) is 0 Å². The highest BCUT2D eigenvalue weighted by molar-refractivity contribution is 7.87. The Morgan fingerprint density at radius 1 is 1.50 bits per heavy atom. The minimum Gasteiger partial charge on any atom is -0.398 e. The number of hydrogen-bond acceptors (Lipinski definition) is 6. The molecule has 0 amide bonds. The van der Waals surface area contributed by atoms with Crippen molar-refractivity contribution >= 4 is 33.4 Å². The van der Waals surface area contributed by atoms with E-state index in [0.717, 1.165) is 6.42 Å². The first kappa shape index (κ1) is 15.1. The van der Waals surface area contributed by atoms with Crippen LogP contribution < -0.4 is 11.1 Å². The third-order valence-electron chi connectivity index (χ3n) is 3.10. The van der Waals surface area contributed by atoms with Crippen LogP contribution in [0.1, 0.15) is 18.4 Å². The Labute approximate surface area is 122 Å². The van der Waals surface area contributed by atoms with E-state index in [-0.39, 0.29) is 15.6 Å². The molecule has 0 saturated carbocycles. The largest absolute Gasteiger partial charge is 0.398 e. The summed E-state index contributed by atoms with van der Waals surface area (Å²) >= 11 is 5.88. The number of halogens is 1. The zero-order valence-corrected chi connectivity index (χ0v) is 12.4. The average Bonchev–Trinajstić information content (AvgIpc) is 2.86. The molecular weight excluding hydrogens is 304 g/mol. The van der Waals surface area contributed by atoms with Crippen LogP contribution in [0.25, 0.3) is 0 Å². The second-order valence-electron chi connectivity index (χ2n) is 4.64. The monoisotopic (exact) mass is 318 g/mol. The van der Waals surface area contributed by atoms with Gasteiger partial charge < -0.3 is 15.2 Å². The van der Waals surface area contributed by atoms with Gasteiger partial charge in [0.05, 0.1) is 5.69 Å². The summed E-state index contributed by atoms with van der Waals surface area (Å²) in [6.45, 7) is 2.36. The zero-order chi connectivity index (χ0) is 14.9. The van der Waals surface area contributed by atoms with Crippen molar-refractivity contribution in [2.24, 2.45) is 0 Å². The first-order chi connectivity index (χ1) is 9.31. The molecule has 1 saturated heterocycles. The van der Waals surface area contributed by atoms with Crippen molar-refractivity contribution in [2.45, 2.75) is 30.7 Å². The summed E-state index contributed by atoms with van der Waals surface area (Å²) in [5.41, 5.74) is 6.31. The molecule has 3 N–H and O–H groups in total. The van der Waals surface area contributed by atoms with E-state index in [9.17, 15) is 13.2 Å². The number of nitrogen functional groups attached to an aromatic ring is 1. The van der Waals surface area contributed by atoms with Gasteiger partial charge in [-0.3, -0.25) is 0 Å². The minimum atomic E-state index is -4.27. The quantitative estimate of drug-likeness (QED) is 0.642. The lowest BCUT2D eigenvalue weighted by atomic mass is 10.2. The molecule has 1 fully saturated rings. The molecule has 8 heteroatoms. The normalized spacial score (nSPS) is 19.0. The third kappa shape index (κ3) is 3.05. The molecule has 0 aliphatic carbocycles. The molecule has 0 bridgehead atoms. The van der Waals surface area contributed by atoms with E-state index in [4.69, 9.17) is 17.3 Å². The highest BCUT2D eigenvalue weighted by Gasteiger charge is 2.30. The molecule has 0 spiro atoms. The first-order valence-electron chi connectivity index (χ1n) is 6.08. The average molecular weight is 319 g/mol. The predicted molar refractivity (Wildman–Crippen MR) is 74.9 cm³/mol. The maximum absolute atomic E-state index is 12.1. The van der Waals surface area contributed by atoms with E-state index in [1.54, 1.807) is 6.92 Å². The zero-order valence-electron chi connectivity index (χ0n) is 10.8. The number of nitrogens with one attached hydrogen (secondary N) is 1. The molecule has 1 aromatic carbocycles. The minimum absolute atomic E-state index is 0.000851. The standard InChI is InChI=1S/C12H15ClN2O4S/c1-7-5-9(14)11(6-8(7)13)20(17,18)19-12(16)10-3-2-4-15-10/h5-6,10,15H,2-4,14H2,1H3/t10-/m0/s1. The Bertz CT molecular complexity index is 639. The SMILES string of the molecule is Cc1cc(N)c(S(=O)(=O)OC(=O)[C@@H]2CCCN2)cc1Cl. The van der Waals surface area contributed by atoms with Gasteiger partial charge in [0, 0.05) is 5.02 Å². The maximum Gasteiger partial charge on any atom is 0.343 e. The lowest BCUT2D eigenvalue weighted by Crippen LogP contribution is -2.34. The Balaban J connectivity index is 2.26. The number of rotatable bonds is 3. The van der Waals surface area contributed by atoms with E-state index in [1.165, 1.54) is 12.1 Å². The van der Waals surface area contributed by atoms with Gasteiger partial charge in [-0.2, -0.15) is 8.42 Å². The van der Waals surface area contributed by atoms with Crippen LogP contribution in [-0.4, -0.2) is 27.0 Å². The molecule has 0 unspecified atom stereocenters. The summed E-state index contributed by atoms with van der Waals surface area (Å²) in [7, 11) is -4.27. The fraction of sp³-hybridized carbons (Fsp3) is 0.417. The fourth-order valence-corrected chi connectivity index (χ4v) is 3.26. The number of carbonyl (C=O) groups excluding carboxylic acids is 1. The number of hydrogen-bond donors (Lipinski definition) is 2. The van der Waals surface area contributed by atoms with Crippen LogP contribution in [0.2, 0.25) is 5.02 Å². The van der Waals surface area contributed by atoms with Crippen molar-refractivity contribution in [3.63, 3.8) is 0 Å². The van der Waals surface area contributed by atoms with Crippen molar-refractivity contribution < 1.29 is 17.4 Å². The summed E-state index contributed by atoms with van der Waals surface area (Å²) in [5.74, 6) is -0.821. The first-order valence-corrected chi connectivity index (χ1v) is 7.87. The molecule has 1 aliphatic rings. The Kier molecular flexibility index (Phi) is 4.22. The lowest BCUT2D eigenvalue weighted by molar-refractivity contribution is -0.135. The topological polar surface area (TPSA) is 98.5 Å². The van der Waals surface area contributed by atoms with Gasteiger partial charge in [-0.25, -0.2) is 4.79 Å². The Morgan fingerprint density at radius 2 is 2.20 bits per heavy atom. The Hall–Kier alpha value is -1.31. The fourth-order valence-electron chi connectivity index (χ4n) is 2.00. The molecule has 0 radical (unpaired) electrons. The van der Waals surface area contributed by atoms with Crippen LogP contribution in [0, 0.1) is 6.92 Å². The van der Waals surface area contributed by atoms with Gasteiger partial charge in [-0.15, -0.1) is 0 Å². The van der Waals surface area contributed by atoms with Gasteiger partial charge in [-0.1, -0.05) is 11.6 Å². The number of carbonyl (C=O) groups is 1. The van der Waals surface area contributed by atoms with Gasteiger partial charge in [-0.05, 0) is 44.0 Å². The molecule has 110 valence electrons. The van der Waals surface area contributed by atoms with Gasteiger partial charge >= 0.3 is 16.1 Å². The van der Waals surface area contributed by atoms with E-state index >= 15 is 0 Å². The lowest BCUT2D eigenvalue weighted by Gasteiger charge is -2.12. The summed E-state index contributed by atoms with van der Waals surface area (Å²) in [6, 6.07) is 2.03. The van der Waals surface area contributed by atoms with Crippen molar-refractivity contribution in [3.05, 3.63) is 22.7 Å². The van der Waals surface area contributed by atoms with Gasteiger partial charge in [0.25, 0.3) is 0 Å². The second kappa shape index (κ2) is 5.59.